The summed E-state index contributed by atoms with van der Waals surface area (Å²) in [5, 5.41) is 16.9. The van der Waals surface area contributed by atoms with E-state index >= 15 is 0 Å². The maximum absolute atomic E-state index is 11.4. The quantitative estimate of drug-likeness (QED) is 0.330. The largest absolute Gasteiger partial charge is 0.496 e. The van der Waals surface area contributed by atoms with Gasteiger partial charge in [-0.15, -0.1) is 0 Å². The molecular formula is C24H30N4O6. The highest BCUT2D eigenvalue weighted by Crippen LogP contribution is 2.31. The smallest absolute Gasteiger partial charge is 0.407 e. The van der Waals surface area contributed by atoms with Crippen molar-refractivity contribution in [3.05, 3.63) is 60.6 Å². The Balaban J connectivity index is 0.000000246. The van der Waals surface area contributed by atoms with Crippen molar-refractivity contribution in [3.63, 3.8) is 0 Å². The van der Waals surface area contributed by atoms with E-state index in [1.54, 1.807) is 38.4 Å². The molecule has 0 bridgehead atoms. The number of hydrogen-bond donors (Lipinski definition) is 4. The van der Waals surface area contributed by atoms with E-state index in [0.717, 1.165) is 22.6 Å². The van der Waals surface area contributed by atoms with Crippen molar-refractivity contribution in [1.29, 1.82) is 0 Å². The van der Waals surface area contributed by atoms with Crippen molar-refractivity contribution in [2.75, 3.05) is 31.4 Å². The van der Waals surface area contributed by atoms with Crippen LogP contribution >= 0.6 is 0 Å². The third kappa shape index (κ3) is 8.47. The number of ether oxygens (including phenoxy) is 2. The highest BCUT2D eigenvalue weighted by molar-refractivity contribution is 5.72. The number of nitrogens with one attached hydrogen (secondary N) is 3. The zero-order valence-electron chi connectivity index (χ0n) is 19.4. The van der Waals surface area contributed by atoms with E-state index in [0.29, 0.717) is 30.8 Å². The number of oxazole rings is 1. The standard InChI is InChI=1S/C13H18N2O4.C11H12N2O2/c1-10(5-6-16)19-13(18)14-8-11-3-2-4-12(7-11)15-9-17;1-12-8-3-4-9(10(5-8)14-2)11-6-13-7-15-11/h2-4,7,9-10,16H,5-6,8H2,1H3,(H,14,18)(H,15,17);3-7,12H,1-2H3. The van der Waals surface area contributed by atoms with Gasteiger partial charge in [0.15, 0.2) is 12.2 Å². The summed E-state index contributed by atoms with van der Waals surface area (Å²) in [6.07, 6.45) is 3.21. The normalized spacial score (nSPS) is 10.8. The number of aromatic nitrogens is 1. The SMILES string of the molecule is CC(CCO)OC(=O)NCc1cccc(NC=O)c1.CNc1ccc(-c2cnco2)c(OC)c1. The van der Waals surface area contributed by atoms with Gasteiger partial charge in [-0.1, -0.05) is 12.1 Å². The van der Waals surface area contributed by atoms with E-state index < -0.39 is 6.09 Å². The number of alkyl carbamates (subject to hydrolysis) is 1. The van der Waals surface area contributed by atoms with Crippen LogP contribution in [0.4, 0.5) is 16.2 Å². The molecule has 2 amide bonds. The van der Waals surface area contributed by atoms with Gasteiger partial charge >= 0.3 is 6.09 Å². The molecule has 0 saturated heterocycles. The van der Waals surface area contributed by atoms with E-state index in [4.69, 9.17) is 19.0 Å². The maximum Gasteiger partial charge on any atom is 0.407 e. The minimum atomic E-state index is -0.533. The van der Waals surface area contributed by atoms with Gasteiger partial charge in [-0.25, -0.2) is 9.78 Å². The predicted molar refractivity (Wildman–Crippen MR) is 129 cm³/mol. The Morgan fingerprint density at radius 2 is 2.06 bits per heavy atom. The van der Waals surface area contributed by atoms with E-state index in [1.807, 2.05) is 31.3 Å². The van der Waals surface area contributed by atoms with Crippen LogP contribution in [0.3, 0.4) is 0 Å². The van der Waals surface area contributed by atoms with Crippen LogP contribution in [0.1, 0.15) is 18.9 Å². The number of rotatable bonds is 10. The Labute approximate surface area is 198 Å². The maximum atomic E-state index is 11.4. The highest BCUT2D eigenvalue weighted by Gasteiger charge is 2.09. The first-order valence-corrected chi connectivity index (χ1v) is 10.6. The van der Waals surface area contributed by atoms with Gasteiger partial charge in [0.1, 0.15) is 11.9 Å². The average Bonchev–Trinajstić information content (AvgIpc) is 3.38. The second-order valence-corrected chi connectivity index (χ2v) is 7.08. The molecule has 182 valence electrons. The van der Waals surface area contributed by atoms with Gasteiger partial charge in [-0.3, -0.25) is 4.79 Å². The third-order valence-electron chi connectivity index (χ3n) is 4.62. The highest BCUT2D eigenvalue weighted by atomic mass is 16.6. The molecule has 0 spiro atoms. The van der Waals surface area contributed by atoms with Crippen LogP contribution in [0.2, 0.25) is 0 Å². The van der Waals surface area contributed by atoms with Crippen LogP contribution in [0.25, 0.3) is 11.3 Å². The summed E-state index contributed by atoms with van der Waals surface area (Å²) >= 11 is 0. The monoisotopic (exact) mass is 470 g/mol. The molecule has 1 aromatic heterocycles. The van der Waals surface area contributed by atoms with Crippen LogP contribution in [-0.4, -0.2) is 49.5 Å². The molecule has 1 atom stereocenters. The van der Waals surface area contributed by atoms with Crippen LogP contribution in [-0.2, 0) is 16.1 Å². The van der Waals surface area contributed by atoms with Crippen LogP contribution in [0.5, 0.6) is 5.75 Å². The Bertz CT molecular complexity index is 1030. The average molecular weight is 471 g/mol. The van der Waals surface area contributed by atoms with Gasteiger partial charge < -0.3 is 34.9 Å². The molecule has 3 rings (SSSR count). The lowest BCUT2D eigenvalue weighted by atomic mass is 10.1. The summed E-state index contributed by atoms with van der Waals surface area (Å²) in [7, 11) is 3.50. The lowest BCUT2D eigenvalue weighted by molar-refractivity contribution is -0.105. The zero-order chi connectivity index (χ0) is 24.8. The summed E-state index contributed by atoms with van der Waals surface area (Å²) in [5.41, 5.74) is 3.40. The number of benzene rings is 2. The number of carbonyl (C=O) groups excluding carboxylic acids is 2. The molecule has 3 aromatic rings. The van der Waals surface area contributed by atoms with Crippen molar-refractivity contribution in [1.82, 2.24) is 10.3 Å². The molecule has 0 aliphatic carbocycles. The molecule has 2 aromatic carbocycles. The van der Waals surface area contributed by atoms with E-state index in [-0.39, 0.29) is 12.7 Å². The topological polar surface area (TPSA) is 135 Å². The molecule has 0 fully saturated rings. The molecule has 10 nitrogen and oxygen atoms in total. The summed E-state index contributed by atoms with van der Waals surface area (Å²) in [6.45, 7) is 2.00. The Hall–Kier alpha value is -4.05. The molecule has 0 aliphatic heterocycles. The summed E-state index contributed by atoms with van der Waals surface area (Å²) in [5.74, 6) is 1.47. The molecule has 0 radical (unpaired) electrons. The number of carbonyl (C=O) groups is 2. The van der Waals surface area contributed by atoms with Gasteiger partial charge in [-0.2, -0.15) is 0 Å². The van der Waals surface area contributed by atoms with E-state index in [1.165, 1.54) is 6.39 Å². The first-order chi connectivity index (χ1) is 16.5. The van der Waals surface area contributed by atoms with Gasteiger partial charge in [-0.05, 0) is 36.8 Å². The minimum Gasteiger partial charge on any atom is -0.496 e. The van der Waals surface area contributed by atoms with Gasteiger partial charge in [0, 0.05) is 44.1 Å². The lowest BCUT2D eigenvalue weighted by Crippen LogP contribution is -2.27. The fourth-order valence-corrected chi connectivity index (χ4v) is 2.88. The Kier molecular flexibility index (Phi) is 10.9. The lowest BCUT2D eigenvalue weighted by Gasteiger charge is -2.12. The molecule has 0 saturated carbocycles. The molecule has 10 heteroatoms. The van der Waals surface area contributed by atoms with Crippen molar-refractivity contribution < 1.29 is 28.6 Å². The van der Waals surface area contributed by atoms with Crippen molar-refractivity contribution in [2.24, 2.45) is 0 Å². The fourth-order valence-electron chi connectivity index (χ4n) is 2.88. The molecule has 1 heterocycles. The number of methoxy groups -OCH3 is 1. The number of aliphatic hydroxyl groups is 1. The Morgan fingerprint density at radius 3 is 2.71 bits per heavy atom. The summed E-state index contributed by atoms with van der Waals surface area (Å²) in [6, 6.07) is 12.9. The fraction of sp³-hybridized carbons (Fsp3) is 0.292. The van der Waals surface area contributed by atoms with Gasteiger partial charge in [0.25, 0.3) is 0 Å². The molecule has 4 N–H and O–H groups in total. The minimum absolute atomic E-state index is 0.0200. The van der Waals surface area contributed by atoms with E-state index in [9.17, 15) is 9.59 Å². The first-order valence-electron chi connectivity index (χ1n) is 10.6. The number of amides is 2. The van der Waals surface area contributed by atoms with Crippen LogP contribution in [0, 0.1) is 0 Å². The number of aliphatic hydroxyl groups excluding tert-OH is 1. The zero-order valence-corrected chi connectivity index (χ0v) is 19.4. The van der Waals surface area contributed by atoms with Crippen molar-refractivity contribution >= 4 is 23.9 Å². The van der Waals surface area contributed by atoms with E-state index in [2.05, 4.69) is 20.9 Å². The second-order valence-electron chi connectivity index (χ2n) is 7.08. The van der Waals surface area contributed by atoms with Crippen LogP contribution < -0.4 is 20.7 Å². The number of anilines is 2. The molecule has 34 heavy (non-hydrogen) atoms. The molecule has 1 unspecified atom stereocenters. The molecular weight excluding hydrogens is 440 g/mol. The van der Waals surface area contributed by atoms with Crippen LogP contribution in [0.15, 0.2) is 59.5 Å². The third-order valence-corrected chi connectivity index (χ3v) is 4.62. The van der Waals surface area contributed by atoms with Crippen molar-refractivity contribution in [2.45, 2.75) is 26.0 Å². The Morgan fingerprint density at radius 1 is 1.24 bits per heavy atom. The van der Waals surface area contributed by atoms with Crippen molar-refractivity contribution in [3.8, 4) is 17.1 Å². The number of nitrogens with zero attached hydrogens (tertiary/aromatic N) is 1. The molecule has 0 aliphatic rings. The first kappa shape index (κ1) is 26.2. The van der Waals surface area contributed by atoms with Gasteiger partial charge in [0.2, 0.25) is 6.41 Å². The summed E-state index contributed by atoms with van der Waals surface area (Å²) < 4.78 is 15.5. The predicted octanol–water partition coefficient (Wildman–Crippen LogP) is 3.64. The summed E-state index contributed by atoms with van der Waals surface area (Å²) in [4.78, 5) is 25.6. The van der Waals surface area contributed by atoms with Gasteiger partial charge in [0.05, 0.1) is 18.9 Å². The second kappa shape index (κ2) is 14.2. The number of hydrogen-bond acceptors (Lipinski definition) is 8.